The molecule has 0 N–H and O–H groups in total. The Balaban J connectivity index is 1.59. The molecule has 0 aliphatic carbocycles. The van der Waals surface area contributed by atoms with Gasteiger partial charge in [-0.25, -0.2) is 4.98 Å². The summed E-state index contributed by atoms with van der Waals surface area (Å²) in [7, 11) is 3.80. The summed E-state index contributed by atoms with van der Waals surface area (Å²) in [6.45, 7) is 7.47. The number of aromatic nitrogens is 2. The third-order valence-corrected chi connectivity index (χ3v) is 7.66. The molecule has 2 aromatic heterocycles. The Morgan fingerprint density at radius 2 is 1.87 bits per heavy atom. The number of fused-ring (bicyclic) bond motifs is 1. The summed E-state index contributed by atoms with van der Waals surface area (Å²) in [5.41, 5.74) is 4.33. The van der Waals surface area contributed by atoms with E-state index in [1.165, 1.54) is 34.2 Å². The lowest BCUT2D eigenvalue weighted by Crippen LogP contribution is -2.47. The highest BCUT2D eigenvalue weighted by molar-refractivity contribution is 7.99. The molecule has 1 amide bonds. The second-order valence-electron chi connectivity index (χ2n) is 7.86. The number of benzene rings is 1. The quantitative estimate of drug-likeness (QED) is 0.459. The van der Waals surface area contributed by atoms with E-state index in [-0.39, 0.29) is 11.5 Å². The number of likely N-dealkylation sites (N-methyl/N-ethyl adjacent to an activating group) is 1. The number of carbonyl (C=O) groups is 1. The van der Waals surface area contributed by atoms with Crippen molar-refractivity contribution in [1.29, 1.82) is 0 Å². The maximum absolute atomic E-state index is 13.2. The standard InChI is InChI=1S/C22H26N4O2S2/c1-14-5-6-16(11-15(14)2)17-12-29-20-19(17)21(28)25(4)22(23-20)30-13-18(27)26-9-7-24(3)8-10-26/h5-6,11-12H,7-10,13H2,1-4H3. The molecule has 1 saturated heterocycles. The fourth-order valence-electron chi connectivity index (χ4n) is 3.58. The Kier molecular flexibility index (Phi) is 5.99. The van der Waals surface area contributed by atoms with Gasteiger partial charge in [0.1, 0.15) is 4.83 Å². The van der Waals surface area contributed by atoms with Crippen LogP contribution in [0, 0.1) is 13.8 Å². The van der Waals surface area contributed by atoms with Crippen molar-refractivity contribution in [2.75, 3.05) is 39.0 Å². The van der Waals surface area contributed by atoms with Crippen molar-refractivity contribution < 1.29 is 4.79 Å². The van der Waals surface area contributed by atoms with Crippen molar-refractivity contribution in [3.8, 4) is 11.1 Å². The first kappa shape index (κ1) is 21.1. The van der Waals surface area contributed by atoms with Crippen LogP contribution in [0.3, 0.4) is 0 Å². The summed E-state index contributed by atoms with van der Waals surface area (Å²) in [5, 5.41) is 3.25. The summed E-state index contributed by atoms with van der Waals surface area (Å²) < 4.78 is 1.57. The lowest BCUT2D eigenvalue weighted by molar-refractivity contribution is -0.129. The largest absolute Gasteiger partial charge is 0.339 e. The third kappa shape index (κ3) is 4.04. The van der Waals surface area contributed by atoms with Gasteiger partial charge in [-0.2, -0.15) is 0 Å². The second kappa shape index (κ2) is 8.53. The number of nitrogens with zero attached hydrogens (tertiary/aromatic N) is 4. The van der Waals surface area contributed by atoms with Crippen molar-refractivity contribution in [3.63, 3.8) is 0 Å². The number of carbonyl (C=O) groups excluding carboxylic acids is 1. The van der Waals surface area contributed by atoms with E-state index in [2.05, 4.69) is 44.0 Å². The van der Waals surface area contributed by atoms with Crippen LogP contribution in [0.5, 0.6) is 0 Å². The van der Waals surface area contributed by atoms with Gasteiger partial charge in [-0.1, -0.05) is 30.0 Å². The first-order valence-electron chi connectivity index (χ1n) is 10.00. The molecule has 30 heavy (non-hydrogen) atoms. The average Bonchev–Trinajstić information content (AvgIpc) is 3.16. The van der Waals surface area contributed by atoms with Crippen LogP contribution in [0.4, 0.5) is 0 Å². The van der Waals surface area contributed by atoms with Gasteiger partial charge in [0.2, 0.25) is 5.91 Å². The van der Waals surface area contributed by atoms with Gasteiger partial charge in [-0.05, 0) is 37.6 Å². The highest BCUT2D eigenvalue weighted by Gasteiger charge is 2.21. The number of piperazine rings is 1. The monoisotopic (exact) mass is 442 g/mol. The summed E-state index contributed by atoms with van der Waals surface area (Å²) in [4.78, 5) is 35.3. The van der Waals surface area contributed by atoms with Crippen LogP contribution in [0.25, 0.3) is 21.3 Å². The molecular weight excluding hydrogens is 416 g/mol. The fraction of sp³-hybridized carbons (Fsp3) is 0.409. The molecule has 158 valence electrons. The average molecular weight is 443 g/mol. The van der Waals surface area contributed by atoms with Gasteiger partial charge in [0.05, 0.1) is 11.1 Å². The molecule has 1 aliphatic rings. The molecule has 4 rings (SSSR count). The topological polar surface area (TPSA) is 58.4 Å². The van der Waals surface area contributed by atoms with E-state index < -0.39 is 0 Å². The zero-order valence-electron chi connectivity index (χ0n) is 17.8. The van der Waals surface area contributed by atoms with E-state index in [0.717, 1.165) is 42.1 Å². The van der Waals surface area contributed by atoms with Crippen molar-refractivity contribution >= 4 is 39.2 Å². The number of amides is 1. The van der Waals surface area contributed by atoms with Gasteiger partial charge in [0.15, 0.2) is 5.16 Å². The molecule has 1 fully saturated rings. The van der Waals surface area contributed by atoms with E-state index in [9.17, 15) is 9.59 Å². The van der Waals surface area contributed by atoms with Gasteiger partial charge < -0.3 is 9.80 Å². The summed E-state index contributed by atoms with van der Waals surface area (Å²) in [5.74, 6) is 0.398. The molecule has 0 bridgehead atoms. The minimum absolute atomic E-state index is 0.0657. The first-order valence-corrected chi connectivity index (χ1v) is 11.9. The first-order chi connectivity index (χ1) is 14.3. The van der Waals surface area contributed by atoms with Crippen molar-refractivity contribution in [3.05, 3.63) is 45.1 Å². The smallest absolute Gasteiger partial charge is 0.263 e. The van der Waals surface area contributed by atoms with Gasteiger partial charge in [-0.3, -0.25) is 14.2 Å². The molecular formula is C22H26N4O2S2. The Morgan fingerprint density at radius 3 is 2.57 bits per heavy atom. The predicted octanol–water partition coefficient (Wildman–Crippen LogP) is 3.14. The molecule has 8 heteroatoms. The molecule has 0 saturated carbocycles. The minimum Gasteiger partial charge on any atom is -0.339 e. The van der Waals surface area contributed by atoms with Crippen LogP contribution in [0.1, 0.15) is 11.1 Å². The van der Waals surface area contributed by atoms with E-state index in [0.29, 0.717) is 16.3 Å². The van der Waals surface area contributed by atoms with Crippen molar-refractivity contribution in [2.45, 2.75) is 19.0 Å². The lowest BCUT2D eigenvalue weighted by Gasteiger charge is -2.32. The third-order valence-electron chi connectivity index (χ3n) is 5.77. The highest BCUT2D eigenvalue weighted by atomic mass is 32.2. The number of hydrogen-bond donors (Lipinski definition) is 0. The van der Waals surface area contributed by atoms with Gasteiger partial charge in [0.25, 0.3) is 5.56 Å². The molecule has 0 radical (unpaired) electrons. The molecule has 3 heterocycles. The van der Waals surface area contributed by atoms with Crippen LogP contribution in [-0.4, -0.2) is 64.2 Å². The fourth-order valence-corrected chi connectivity index (χ4v) is 5.44. The van der Waals surface area contributed by atoms with Crippen LogP contribution in [0.2, 0.25) is 0 Å². The van der Waals surface area contributed by atoms with Crippen LogP contribution in [0.15, 0.2) is 33.5 Å². The normalized spacial score (nSPS) is 15.1. The van der Waals surface area contributed by atoms with Crippen LogP contribution in [-0.2, 0) is 11.8 Å². The maximum atomic E-state index is 13.2. The Morgan fingerprint density at radius 1 is 1.13 bits per heavy atom. The number of hydrogen-bond acceptors (Lipinski definition) is 6. The molecule has 0 spiro atoms. The molecule has 1 aliphatic heterocycles. The Hall–Kier alpha value is -2.16. The number of thioether (sulfide) groups is 1. The van der Waals surface area contributed by atoms with E-state index in [4.69, 9.17) is 4.98 Å². The number of aryl methyl sites for hydroxylation is 2. The van der Waals surface area contributed by atoms with Crippen LogP contribution < -0.4 is 5.56 Å². The SMILES string of the molecule is Cc1ccc(-c2csc3nc(SCC(=O)N4CCN(C)CC4)n(C)c(=O)c23)cc1C. The van der Waals surface area contributed by atoms with E-state index in [1.807, 2.05) is 10.3 Å². The summed E-state index contributed by atoms with van der Waals surface area (Å²) in [6.07, 6.45) is 0. The van der Waals surface area contributed by atoms with Gasteiger partial charge in [0, 0.05) is 44.2 Å². The van der Waals surface area contributed by atoms with E-state index >= 15 is 0 Å². The number of rotatable bonds is 4. The molecule has 1 aromatic carbocycles. The van der Waals surface area contributed by atoms with Crippen molar-refractivity contribution in [1.82, 2.24) is 19.4 Å². The summed E-state index contributed by atoms with van der Waals surface area (Å²) in [6, 6.07) is 6.26. The Bertz CT molecular complexity index is 1160. The minimum atomic E-state index is -0.0657. The van der Waals surface area contributed by atoms with Gasteiger partial charge >= 0.3 is 0 Å². The molecule has 0 unspecified atom stereocenters. The van der Waals surface area contributed by atoms with Crippen molar-refractivity contribution in [2.24, 2.45) is 7.05 Å². The molecule has 0 atom stereocenters. The highest BCUT2D eigenvalue weighted by Crippen LogP contribution is 2.33. The molecule has 6 nitrogen and oxygen atoms in total. The van der Waals surface area contributed by atoms with E-state index in [1.54, 1.807) is 11.6 Å². The van der Waals surface area contributed by atoms with Gasteiger partial charge in [-0.15, -0.1) is 11.3 Å². The Labute approximate surface area is 184 Å². The predicted molar refractivity (Wildman–Crippen MR) is 125 cm³/mol. The zero-order valence-corrected chi connectivity index (χ0v) is 19.4. The lowest BCUT2D eigenvalue weighted by atomic mass is 10.0. The number of thiophene rings is 1. The van der Waals surface area contributed by atoms with Crippen LogP contribution >= 0.6 is 23.1 Å². The molecule has 3 aromatic rings. The second-order valence-corrected chi connectivity index (χ2v) is 9.66. The zero-order chi connectivity index (χ0) is 21.4. The summed E-state index contributed by atoms with van der Waals surface area (Å²) >= 11 is 2.82. The maximum Gasteiger partial charge on any atom is 0.263 e.